The van der Waals surface area contributed by atoms with Crippen LogP contribution >= 0.6 is 11.8 Å². The number of hydrogen-bond donors (Lipinski definition) is 0. The summed E-state index contributed by atoms with van der Waals surface area (Å²) >= 11 is 1.55. The molecule has 0 radical (unpaired) electrons. The van der Waals surface area contributed by atoms with Crippen LogP contribution in [-0.4, -0.2) is 40.4 Å². The highest BCUT2D eigenvalue weighted by Crippen LogP contribution is 2.33. The summed E-state index contributed by atoms with van der Waals surface area (Å²) in [5, 5.41) is 4.10. The summed E-state index contributed by atoms with van der Waals surface area (Å²) < 4.78 is 10.7. The van der Waals surface area contributed by atoms with E-state index in [1.165, 1.54) is 0 Å². The molecule has 2 heterocycles. The molecule has 1 aliphatic heterocycles. The van der Waals surface area contributed by atoms with E-state index < -0.39 is 0 Å². The van der Waals surface area contributed by atoms with E-state index >= 15 is 0 Å². The van der Waals surface area contributed by atoms with E-state index in [1.54, 1.807) is 18.9 Å². The van der Waals surface area contributed by atoms with Gasteiger partial charge in [-0.1, -0.05) is 23.4 Å². The lowest BCUT2D eigenvalue weighted by molar-refractivity contribution is -0.129. The third-order valence-corrected chi connectivity index (χ3v) is 5.75. The van der Waals surface area contributed by atoms with Gasteiger partial charge in [-0.15, -0.1) is 11.8 Å². The Balaban J connectivity index is 1.44. The molecule has 0 N–H and O–H groups in total. The Labute approximate surface area is 167 Å². The molecular formula is C21H21N3O3S. The van der Waals surface area contributed by atoms with E-state index in [0.29, 0.717) is 17.5 Å². The molecule has 1 aromatic heterocycles. The Morgan fingerprint density at radius 3 is 2.75 bits per heavy atom. The molecule has 0 bridgehead atoms. The zero-order valence-corrected chi connectivity index (χ0v) is 16.4. The van der Waals surface area contributed by atoms with Gasteiger partial charge in [0.2, 0.25) is 17.6 Å². The lowest BCUT2D eigenvalue weighted by Crippen LogP contribution is -2.32. The highest BCUT2D eigenvalue weighted by atomic mass is 32.2. The second kappa shape index (κ2) is 8.48. The third kappa shape index (κ3) is 4.04. The van der Waals surface area contributed by atoms with Crippen molar-refractivity contribution in [1.29, 1.82) is 0 Å². The number of hydrogen-bond acceptors (Lipinski definition) is 6. The number of carbonyl (C=O) groups excluding carboxylic acids is 1. The van der Waals surface area contributed by atoms with Crippen molar-refractivity contribution in [2.24, 2.45) is 0 Å². The van der Waals surface area contributed by atoms with Crippen molar-refractivity contribution in [1.82, 2.24) is 15.0 Å². The fourth-order valence-electron chi connectivity index (χ4n) is 3.29. The van der Waals surface area contributed by atoms with Gasteiger partial charge in [-0.25, -0.2) is 0 Å². The van der Waals surface area contributed by atoms with Crippen molar-refractivity contribution in [3.63, 3.8) is 0 Å². The van der Waals surface area contributed by atoms with Crippen molar-refractivity contribution in [2.45, 2.75) is 23.8 Å². The van der Waals surface area contributed by atoms with E-state index in [1.807, 2.05) is 59.5 Å². The number of likely N-dealkylation sites (tertiary alicyclic amines) is 1. The number of nitrogens with zero attached hydrogens (tertiary/aromatic N) is 3. The van der Waals surface area contributed by atoms with Gasteiger partial charge in [-0.2, -0.15) is 4.98 Å². The molecule has 144 valence electrons. The van der Waals surface area contributed by atoms with Crippen LogP contribution in [0.15, 0.2) is 64.0 Å². The third-order valence-electron chi connectivity index (χ3n) is 4.75. The molecule has 3 aromatic rings. The second-order valence-corrected chi connectivity index (χ2v) is 7.58. The summed E-state index contributed by atoms with van der Waals surface area (Å²) in [6, 6.07) is 17.3. The maximum Gasteiger partial charge on any atom is 0.249 e. The number of carbonyl (C=O) groups is 1. The topological polar surface area (TPSA) is 68.5 Å². The maximum atomic E-state index is 12.8. The summed E-state index contributed by atoms with van der Waals surface area (Å²) in [4.78, 5) is 20.3. The Morgan fingerprint density at radius 2 is 2.00 bits per heavy atom. The van der Waals surface area contributed by atoms with E-state index in [4.69, 9.17) is 9.26 Å². The first-order valence-corrected chi connectivity index (χ1v) is 10.2. The van der Waals surface area contributed by atoms with Crippen molar-refractivity contribution in [2.75, 3.05) is 19.4 Å². The molecule has 1 saturated heterocycles. The summed E-state index contributed by atoms with van der Waals surface area (Å²) in [6.45, 7) is 0.721. The minimum Gasteiger partial charge on any atom is -0.497 e. The number of thioether (sulfide) groups is 1. The molecular weight excluding hydrogens is 374 g/mol. The van der Waals surface area contributed by atoms with Gasteiger partial charge < -0.3 is 14.2 Å². The molecule has 7 heteroatoms. The summed E-state index contributed by atoms with van der Waals surface area (Å²) in [5.74, 6) is 2.30. The van der Waals surface area contributed by atoms with Gasteiger partial charge in [0.05, 0.1) is 12.9 Å². The molecule has 0 spiro atoms. The normalized spacial score (nSPS) is 16.3. The largest absolute Gasteiger partial charge is 0.497 e. The van der Waals surface area contributed by atoms with Gasteiger partial charge in [0.25, 0.3) is 0 Å². The molecule has 6 nitrogen and oxygen atoms in total. The van der Waals surface area contributed by atoms with Crippen LogP contribution in [-0.2, 0) is 4.79 Å². The van der Waals surface area contributed by atoms with Crippen LogP contribution in [0.3, 0.4) is 0 Å². The second-order valence-electron chi connectivity index (χ2n) is 6.53. The Kier molecular flexibility index (Phi) is 5.62. The first-order valence-electron chi connectivity index (χ1n) is 9.20. The maximum absolute atomic E-state index is 12.8. The average Bonchev–Trinajstić information content (AvgIpc) is 3.42. The average molecular weight is 395 g/mol. The highest BCUT2D eigenvalue weighted by Gasteiger charge is 2.34. The first-order chi connectivity index (χ1) is 13.7. The van der Waals surface area contributed by atoms with Crippen molar-refractivity contribution in [3.8, 4) is 17.1 Å². The molecule has 0 aliphatic carbocycles. The predicted octanol–water partition coefficient (Wildman–Crippen LogP) is 4.20. The van der Waals surface area contributed by atoms with Gasteiger partial charge in [-0.05, 0) is 49.2 Å². The van der Waals surface area contributed by atoms with Crippen molar-refractivity contribution >= 4 is 17.7 Å². The Morgan fingerprint density at radius 1 is 1.21 bits per heavy atom. The number of benzene rings is 2. The number of rotatable bonds is 6. The number of ether oxygens (including phenoxy) is 1. The van der Waals surface area contributed by atoms with Crippen LogP contribution in [0.1, 0.15) is 24.8 Å². The Hall–Kier alpha value is -2.80. The quantitative estimate of drug-likeness (QED) is 0.583. The van der Waals surface area contributed by atoms with E-state index in [2.05, 4.69) is 10.1 Å². The monoisotopic (exact) mass is 395 g/mol. The number of methoxy groups -OCH3 is 1. The van der Waals surface area contributed by atoms with Crippen LogP contribution in [0.2, 0.25) is 0 Å². The van der Waals surface area contributed by atoms with Gasteiger partial charge >= 0.3 is 0 Å². The van der Waals surface area contributed by atoms with Gasteiger partial charge in [-0.3, -0.25) is 4.79 Å². The fourth-order valence-corrected chi connectivity index (χ4v) is 4.10. The van der Waals surface area contributed by atoms with Crippen LogP contribution in [0.4, 0.5) is 0 Å². The van der Waals surface area contributed by atoms with Crippen LogP contribution in [0, 0.1) is 0 Å². The highest BCUT2D eigenvalue weighted by molar-refractivity contribution is 8.00. The summed E-state index contributed by atoms with van der Waals surface area (Å²) in [7, 11) is 1.63. The van der Waals surface area contributed by atoms with Gasteiger partial charge in [0.15, 0.2) is 0 Å². The van der Waals surface area contributed by atoms with E-state index in [-0.39, 0.29) is 11.9 Å². The molecule has 28 heavy (non-hydrogen) atoms. The lowest BCUT2D eigenvalue weighted by atomic mass is 10.2. The summed E-state index contributed by atoms with van der Waals surface area (Å²) in [5.41, 5.74) is 0.853. The van der Waals surface area contributed by atoms with Gasteiger partial charge in [0.1, 0.15) is 11.8 Å². The number of aromatic nitrogens is 2. The minimum absolute atomic E-state index is 0.0977. The molecule has 1 aliphatic rings. The van der Waals surface area contributed by atoms with Crippen molar-refractivity contribution < 1.29 is 14.1 Å². The van der Waals surface area contributed by atoms with Crippen LogP contribution < -0.4 is 4.74 Å². The molecule has 1 amide bonds. The minimum atomic E-state index is -0.150. The van der Waals surface area contributed by atoms with Gasteiger partial charge in [0, 0.05) is 17.0 Å². The smallest absolute Gasteiger partial charge is 0.249 e. The van der Waals surface area contributed by atoms with Crippen LogP contribution in [0.25, 0.3) is 11.4 Å². The predicted molar refractivity (Wildman–Crippen MR) is 107 cm³/mol. The zero-order chi connectivity index (χ0) is 19.3. The molecule has 1 unspecified atom stereocenters. The SMILES string of the molecule is COc1ccc(-c2noc(C3CCCN3C(=O)CSc3ccccc3)n2)cc1. The van der Waals surface area contributed by atoms with Crippen molar-refractivity contribution in [3.05, 3.63) is 60.5 Å². The van der Waals surface area contributed by atoms with E-state index in [0.717, 1.165) is 35.6 Å². The molecule has 2 aromatic carbocycles. The van der Waals surface area contributed by atoms with Crippen LogP contribution in [0.5, 0.6) is 5.75 Å². The fraction of sp³-hybridized carbons (Fsp3) is 0.286. The lowest BCUT2D eigenvalue weighted by Gasteiger charge is -2.21. The molecule has 1 fully saturated rings. The Bertz CT molecular complexity index is 928. The standard InChI is InChI=1S/C21H21N3O3S/c1-26-16-11-9-15(10-12-16)20-22-21(27-23-20)18-8-5-13-24(18)19(25)14-28-17-6-3-2-4-7-17/h2-4,6-7,9-12,18H,5,8,13-14H2,1H3. The molecule has 1 atom stereocenters. The summed E-state index contributed by atoms with van der Waals surface area (Å²) in [6.07, 6.45) is 1.78. The van der Waals surface area contributed by atoms with E-state index in [9.17, 15) is 4.79 Å². The number of amides is 1. The molecule has 4 rings (SSSR count). The zero-order valence-electron chi connectivity index (χ0n) is 15.6. The molecule has 0 saturated carbocycles. The first kappa shape index (κ1) is 18.6.